The number of hydrogen-bond acceptors (Lipinski definition) is 2. The molecule has 18 heavy (non-hydrogen) atoms. The second-order valence-corrected chi connectivity index (χ2v) is 5.27. The molecule has 0 saturated heterocycles. The van der Waals surface area contributed by atoms with Crippen molar-refractivity contribution < 1.29 is 9.53 Å². The van der Waals surface area contributed by atoms with Crippen LogP contribution in [0.4, 0.5) is 0 Å². The van der Waals surface area contributed by atoms with Gasteiger partial charge in [-0.15, -0.1) is 0 Å². The molecule has 0 heterocycles. The Bertz CT molecular complexity index is 647. The first-order chi connectivity index (χ1) is 8.65. The highest BCUT2D eigenvalue weighted by Gasteiger charge is 2.22. The molecule has 90 valence electrons. The van der Waals surface area contributed by atoms with Crippen molar-refractivity contribution in [2.24, 2.45) is 0 Å². The van der Waals surface area contributed by atoms with Gasteiger partial charge in [-0.1, -0.05) is 34.1 Å². The number of esters is 1. The summed E-state index contributed by atoms with van der Waals surface area (Å²) in [6.45, 7) is 1.43. The Morgan fingerprint density at radius 3 is 2.83 bits per heavy atom. The van der Waals surface area contributed by atoms with E-state index in [0.717, 1.165) is 22.0 Å². The average Bonchev–Trinajstić information content (AvgIpc) is 2.67. The molecule has 2 aromatic carbocycles. The standard InChI is InChI=1S/C15H11BrO2/c1-9(17)18-15-4-2-3-13-12-6-5-11(16)7-10(12)8-14(13)15/h2-7H,8H2,1H3. The summed E-state index contributed by atoms with van der Waals surface area (Å²) >= 11 is 3.48. The van der Waals surface area contributed by atoms with Crippen molar-refractivity contribution in [1.82, 2.24) is 0 Å². The number of carbonyl (C=O) groups is 1. The first-order valence-electron chi connectivity index (χ1n) is 5.74. The maximum absolute atomic E-state index is 11.1. The summed E-state index contributed by atoms with van der Waals surface area (Å²) in [5.41, 5.74) is 4.75. The van der Waals surface area contributed by atoms with E-state index in [1.165, 1.54) is 18.1 Å². The predicted molar refractivity (Wildman–Crippen MR) is 73.7 cm³/mol. The molecule has 1 aliphatic carbocycles. The van der Waals surface area contributed by atoms with Gasteiger partial charge in [-0.3, -0.25) is 4.79 Å². The van der Waals surface area contributed by atoms with Crippen LogP contribution in [0.15, 0.2) is 40.9 Å². The van der Waals surface area contributed by atoms with E-state index in [1.807, 2.05) is 18.2 Å². The number of ether oxygens (including phenoxy) is 1. The van der Waals surface area contributed by atoms with Crippen molar-refractivity contribution >= 4 is 21.9 Å². The van der Waals surface area contributed by atoms with Gasteiger partial charge < -0.3 is 4.74 Å². The molecule has 2 nitrogen and oxygen atoms in total. The number of hydrogen-bond donors (Lipinski definition) is 0. The summed E-state index contributed by atoms with van der Waals surface area (Å²) < 4.78 is 6.34. The molecule has 0 bridgehead atoms. The van der Waals surface area contributed by atoms with Gasteiger partial charge in [0, 0.05) is 23.4 Å². The number of fused-ring (bicyclic) bond motifs is 3. The Labute approximate surface area is 114 Å². The molecule has 0 atom stereocenters. The Kier molecular flexibility index (Phi) is 2.71. The van der Waals surface area contributed by atoms with Crippen LogP contribution in [0.1, 0.15) is 18.1 Å². The van der Waals surface area contributed by atoms with Crippen LogP contribution >= 0.6 is 15.9 Å². The first kappa shape index (κ1) is 11.5. The van der Waals surface area contributed by atoms with E-state index in [2.05, 4.69) is 34.1 Å². The second-order valence-electron chi connectivity index (χ2n) is 4.35. The van der Waals surface area contributed by atoms with Crippen LogP contribution in [0.2, 0.25) is 0 Å². The number of rotatable bonds is 1. The summed E-state index contributed by atoms with van der Waals surface area (Å²) in [7, 11) is 0. The van der Waals surface area contributed by atoms with Gasteiger partial charge in [-0.25, -0.2) is 0 Å². The monoisotopic (exact) mass is 302 g/mol. The lowest BCUT2D eigenvalue weighted by molar-refractivity contribution is -0.131. The van der Waals surface area contributed by atoms with Crippen LogP contribution in [0, 0.1) is 0 Å². The van der Waals surface area contributed by atoms with Crippen LogP contribution < -0.4 is 4.74 Å². The lowest BCUT2D eigenvalue weighted by Crippen LogP contribution is -2.03. The van der Waals surface area contributed by atoms with Crippen molar-refractivity contribution in [3.8, 4) is 16.9 Å². The van der Waals surface area contributed by atoms with Gasteiger partial charge in [-0.2, -0.15) is 0 Å². The quantitative estimate of drug-likeness (QED) is 0.503. The fraction of sp³-hybridized carbons (Fsp3) is 0.133. The summed E-state index contributed by atoms with van der Waals surface area (Å²) in [6.07, 6.45) is 0.813. The molecule has 3 heteroatoms. The van der Waals surface area contributed by atoms with Gasteiger partial charge in [0.05, 0.1) is 0 Å². The molecule has 0 saturated carbocycles. The van der Waals surface area contributed by atoms with Gasteiger partial charge in [0.1, 0.15) is 5.75 Å². The van der Waals surface area contributed by atoms with E-state index < -0.39 is 0 Å². The zero-order valence-corrected chi connectivity index (χ0v) is 11.5. The van der Waals surface area contributed by atoms with E-state index >= 15 is 0 Å². The second kappa shape index (κ2) is 4.25. The van der Waals surface area contributed by atoms with Crippen LogP contribution in [-0.4, -0.2) is 5.97 Å². The molecule has 0 aliphatic heterocycles. The Balaban J connectivity index is 2.13. The molecule has 3 rings (SSSR count). The molecule has 2 aromatic rings. The van der Waals surface area contributed by atoms with Gasteiger partial charge in [0.25, 0.3) is 0 Å². The lowest BCUT2D eigenvalue weighted by Gasteiger charge is -2.07. The lowest BCUT2D eigenvalue weighted by atomic mass is 10.1. The first-order valence-corrected chi connectivity index (χ1v) is 6.53. The van der Waals surface area contributed by atoms with Crippen LogP contribution in [-0.2, 0) is 11.2 Å². The topological polar surface area (TPSA) is 26.3 Å². The molecule has 0 spiro atoms. The highest BCUT2D eigenvalue weighted by molar-refractivity contribution is 9.10. The Morgan fingerprint density at radius 1 is 1.22 bits per heavy atom. The maximum Gasteiger partial charge on any atom is 0.308 e. The minimum atomic E-state index is -0.277. The van der Waals surface area contributed by atoms with Gasteiger partial charge >= 0.3 is 5.97 Å². The zero-order valence-electron chi connectivity index (χ0n) is 9.87. The summed E-state index contributed by atoms with van der Waals surface area (Å²) in [5, 5.41) is 0. The molecular formula is C15H11BrO2. The average molecular weight is 303 g/mol. The molecule has 0 amide bonds. The number of benzene rings is 2. The van der Waals surface area contributed by atoms with Gasteiger partial charge in [0.2, 0.25) is 0 Å². The normalized spacial score (nSPS) is 11.9. The van der Waals surface area contributed by atoms with Crippen LogP contribution in [0.3, 0.4) is 0 Å². The molecule has 0 unspecified atom stereocenters. The third-order valence-corrected chi connectivity index (χ3v) is 3.60. The largest absolute Gasteiger partial charge is 0.426 e. The van der Waals surface area contributed by atoms with Crippen molar-refractivity contribution in [3.63, 3.8) is 0 Å². The molecule has 1 aliphatic rings. The Morgan fingerprint density at radius 2 is 2.06 bits per heavy atom. The van der Waals surface area contributed by atoms with Crippen LogP contribution in [0.5, 0.6) is 5.75 Å². The molecule has 0 fully saturated rings. The van der Waals surface area contributed by atoms with E-state index in [0.29, 0.717) is 5.75 Å². The third-order valence-electron chi connectivity index (χ3n) is 3.11. The minimum Gasteiger partial charge on any atom is -0.426 e. The van der Waals surface area contributed by atoms with Crippen molar-refractivity contribution in [2.45, 2.75) is 13.3 Å². The minimum absolute atomic E-state index is 0.277. The number of carbonyl (C=O) groups excluding carboxylic acids is 1. The Hall–Kier alpha value is -1.61. The van der Waals surface area contributed by atoms with Crippen LogP contribution in [0.25, 0.3) is 11.1 Å². The molecule has 0 N–H and O–H groups in total. The fourth-order valence-electron chi connectivity index (χ4n) is 2.41. The van der Waals surface area contributed by atoms with E-state index in [9.17, 15) is 4.79 Å². The van der Waals surface area contributed by atoms with E-state index in [-0.39, 0.29) is 5.97 Å². The fourth-order valence-corrected chi connectivity index (χ4v) is 2.82. The molecule has 0 aromatic heterocycles. The summed E-state index contributed by atoms with van der Waals surface area (Å²) in [4.78, 5) is 11.1. The predicted octanol–water partition coefficient (Wildman–Crippen LogP) is 3.95. The molecular weight excluding hydrogens is 292 g/mol. The summed E-state index contributed by atoms with van der Waals surface area (Å²) in [5.74, 6) is 0.396. The smallest absolute Gasteiger partial charge is 0.308 e. The van der Waals surface area contributed by atoms with Gasteiger partial charge in [0.15, 0.2) is 0 Å². The highest BCUT2D eigenvalue weighted by Crippen LogP contribution is 2.41. The van der Waals surface area contributed by atoms with E-state index in [1.54, 1.807) is 0 Å². The summed E-state index contributed by atoms with van der Waals surface area (Å²) in [6, 6.07) is 12.1. The molecule has 0 radical (unpaired) electrons. The third kappa shape index (κ3) is 1.85. The van der Waals surface area contributed by atoms with E-state index in [4.69, 9.17) is 4.74 Å². The van der Waals surface area contributed by atoms with Gasteiger partial charge in [-0.05, 0) is 34.9 Å². The van der Waals surface area contributed by atoms with Crippen molar-refractivity contribution in [3.05, 3.63) is 52.0 Å². The number of halogens is 1. The van der Waals surface area contributed by atoms with Crippen molar-refractivity contribution in [2.75, 3.05) is 0 Å². The SMILES string of the molecule is CC(=O)Oc1cccc2c1Cc1cc(Br)ccc1-2. The highest BCUT2D eigenvalue weighted by atomic mass is 79.9. The zero-order chi connectivity index (χ0) is 12.7. The van der Waals surface area contributed by atoms with Crippen molar-refractivity contribution in [1.29, 1.82) is 0 Å². The maximum atomic E-state index is 11.1.